The molecule has 0 spiro atoms. The summed E-state index contributed by atoms with van der Waals surface area (Å²) in [5.41, 5.74) is 0.763. The van der Waals surface area contributed by atoms with Gasteiger partial charge in [-0.05, 0) is 35.9 Å². The summed E-state index contributed by atoms with van der Waals surface area (Å²) in [7, 11) is 0. The zero-order valence-electron chi connectivity index (χ0n) is 14.4. The third-order valence-electron chi connectivity index (χ3n) is 3.70. The van der Waals surface area contributed by atoms with Gasteiger partial charge >= 0.3 is 5.97 Å². The summed E-state index contributed by atoms with van der Waals surface area (Å²) in [5, 5.41) is 3.23. The van der Waals surface area contributed by atoms with Crippen molar-refractivity contribution < 1.29 is 23.8 Å². The van der Waals surface area contributed by atoms with Gasteiger partial charge in [0.1, 0.15) is 12.7 Å². The van der Waals surface area contributed by atoms with Crippen LogP contribution in [0.15, 0.2) is 54.6 Å². The van der Waals surface area contributed by atoms with Crippen LogP contribution in [0.25, 0.3) is 6.08 Å². The van der Waals surface area contributed by atoms with Gasteiger partial charge in [0, 0.05) is 11.1 Å². The summed E-state index contributed by atoms with van der Waals surface area (Å²) < 4.78 is 16.2. The molecule has 0 unspecified atom stereocenters. The average molecular weight is 388 g/mol. The molecular formula is C20H18ClNO5. The maximum absolute atomic E-state index is 11.8. The zero-order chi connectivity index (χ0) is 19.1. The monoisotopic (exact) mass is 387 g/mol. The van der Waals surface area contributed by atoms with Crippen molar-refractivity contribution in [2.45, 2.75) is 6.10 Å². The highest BCUT2D eigenvalue weighted by molar-refractivity contribution is 6.30. The first kappa shape index (κ1) is 18.8. The van der Waals surface area contributed by atoms with Crippen LogP contribution in [0.3, 0.4) is 0 Å². The van der Waals surface area contributed by atoms with Gasteiger partial charge in [-0.15, -0.1) is 0 Å². The van der Waals surface area contributed by atoms with E-state index in [4.69, 9.17) is 25.8 Å². The van der Waals surface area contributed by atoms with Gasteiger partial charge in [-0.1, -0.05) is 35.9 Å². The number of amides is 1. The first-order chi connectivity index (χ1) is 13.1. The third kappa shape index (κ3) is 5.76. The number of fused-ring (bicyclic) bond motifs is 1. The summed E-state index contributed by atoms with van der Waals surface area (Å²) in [6.45, 7) is 0.214. The van der Waals surface area contributed by atoms with Gasteiger partial charge in [-0.25, -0.2) is 4.79 Å². The van der Waals surface area contributed by atoms with Gasteiger partial charge in [-0.3, -0.25) is 4.79 Å². The van der Waals surface area contributed by atoms with E-state index in [0.29, 0.717) is 23.1 Å². The highest BCUT2D eigenvalue weighted by atomic mass is 35.5. The number of para-hydroxylation sites is 2. The fraction of sp³-hybridized carbons (Fsp3) is 0.200. The maximum Gasteiger partial charge on any atom is 0.331 e. The quantitative estimate of drug-likeness (QED) is 0.609. The minimum Gasteiger partial charge on any atom is -0.486 e. The van der Waals surface area contributed by atoms with Crippen LogP contribution in [0.1, 0.15) is 5.56 Å². The molecule has 27 heavy (non-hydrogen) atoms. The van der Waals surface area contributed by atoms with Crippen LogP contribution in [0.2, 0.25) is 5.02 Å². The fourth-order valence-electron chi connectivity index (χ4n) is 2.40. The number of rotatable bonds is 6. The Labute approximate surface area is 161 Å². The molecule has 0 saturated heterocycles. The van der Waals surface area contributed by atoms with Crippen LogP contribution < -0.4 is 14.8 Å². The number of carbonyl (C=O) groups excluding carboxylic acids is 2. The van der Waals surface area contributed by atoms with Crippen molar-refractivity contribution in [3.05, 3.63) is 65.2 Å². The molecule has 140 valence electrons. The molecule has 1 aliphatic heterocycles. The molecule has 7 heteroatoms. The zero-order valence-corrected chi connectivity index (χ0v) is 15.1. The van der Waals surface area contributed by atoms with Crippen LogP contribution in [-0.4, -0.2) is 37.7 Å². The predicted octanol–water partition coefficient (Wildman–Crippen LogP) is 2.85. The first-order valence-corrected chi connectivity index (χ1v) is 8.73. The Hall–Kier alpha value is -2.99. The molecule has 0 fully saturated rings. The normalized spacial score (nSPS) is 15.4. The number of esters is 1. The van der Waals surface area contributed by atoms with Crippen LogP contribution in [-0.2, 0) is 14.3 Å². The predicted molar refractivity (Wildman–Crippen MR) is 101 cm³/mol. The molecule has 1 amide bonds. The Morgan fingerprint density at radius 2 is 2.00 bits per heavy atom. The molecule has 1 atom stereocenters. The van der Waals surface area contributed by atoms with E-state index in [1.165, 1.54) is 6.08 Å². The second-order valence-electron chi connectivity index (χ2n) is 5.80. The van der Waals surface area contributed by atoms with E-state index in [2.05, 4.69) is 5.32 Å². The molecule has 2 aromatic carbocycles. The molecule has 1 heterocycles. The lowest BCUT2D eigenvalue weighted by atomic mass is 10.2. The molecule has 1 N–H and O–H groups in total. The maximum atomic E-state index is 11.8. The van der Waals surface area contributed by atoms with Crippen molar-refractivity contribution in [1.29, 1.82) is 0 Å². The van der Waals surface area contributed by atoms with E-state index in [1.807, 2.05) is 18.2 Å². The minimum atomic E-state index is -0.615. The Morgan fingerprint density at radius 3 is 2.81 bits per heavy atom. The molecule has 6 nitrogen and oxygen atoms in total. The molecule has 3 rings (SSSR count). The Bertz CT molecular complexity index is 852. The summed E-state index contributed by atoms with van der Waals surface area (Å²) in [5.74, 6) is 0.291. The SMILES string of the molecule is O=C(COC(=O)/C=C/c1cccc(Cl)c1)NC[C@H]1COc2ccccc2O1. The van der Waals surface area contributed by atoms with Crippen LogP contribution in [0.4, 0.5) is 0 Å². The number of nitrogens with one attached hydrogen (secondary N) is 1. The van der Waals surface area contributed by atoms with Crippen molar-refractivity contribution >= 4 is 29.6 Å². The van der Waals surface area contributed by atoms with E-state index < -0.39 is 11.9 Å². The Balaban J connectivity index is 1.38. The minimum absolute atomic E-state index is 0.253. The number of halogens is 1. The lowest BCUT2D eigenvalue weighted by molar-refractivity contribution is -0.143. The van der Waals surface area contributed by atoms with Crippen molar-refractivity contribution in [1.82, 2.24) is 5.32 Å². The number of hydrogen-bond acceptors (Lipinski definition) is 5. The fourth-order valence-corrected chi connectivity index (χ4v) is 2.60. The van der Waals surface area contributed by atoms with Crippen molar-refractivity contribution in [3.63, 3.8) is 0 Å². The summed E-state index contributed by atoms with van der Waals surface area (Å²) in [4.78, 5) is 23.5. The smallest absolute Gasteiger partial charge is 0.331 e. The topological polar surface area (TPSA) is 73.9 Å². The van der Waals surface area contributed by atoms with Crippen LogP contribution in [0.5, 0.6) is 11.5 Å². The Kier molecular flexibility index (Phi) is 6.33. The van der Waals surface area contributed by atoms with Crippen molar-refractivity contribution in [2.75, 3.05) is 19.8 Å². The van der Waals surface area contributed by atoms with Crippen LogP contribution in [0, 0.1) is 0 Å². The summed E-state index contributed by atoms with van der Waals surface area (Å²) in [6.07, 6.45) is 2.51. The Morgan fingerprint density at radius 1 is 1.19 bits per heavy atom. The van der Waals surface area contributed by atoms with E-state index in [9.17, 15) is 9.59 Å². The molecule has 0 aromatic heterocycles. The molecule has 1 aliphatic rings. The van der Waals surface area contributed by atoms with E-state index in [-0.39, 0.29) is 19.3 Å². The standard InChI is InChI=1S/C20H18ClNO5/c21-15-5-3-4-14(10-15)8-9-20(24)26-13-19(23)22-11-16-12-25-17-6-1-2-7-18(17)27-16/h1-10,16H,11-13H2,(H,22,23)/b9-8+/t16-/m0/s1. The highest BCUT2D eigenvalue weighted by Crippen LogP contribution is 2.30. The summed E-state index contributed by atoms with van der Waals surface area (Å²) in [6, 6.07) is 14.4. The molecule has 0 saturated carbocycles. The lowest BCUT2D eigenvalue weighted by Crippen LogP contribution is -2.42. The van der Waals surface area contributed by atoms with E-state index in [1.54, 1.807) is 36.4 Å². The van der Waals surface area contributed by atoms with Crippen LogP contribution >= 0.6 is 11.6 Å². The second kappa shape index (κ2) is 9.09. The largest absolute Gasteiger partial charge is 0.486 e. The van der Waals surface area contributed by atoms with E-state index >= 15 is 0 Å². The van der Waals surface area contributed by atoms with Gasteiger partial charge in [0.25, 0.3) is 5.91 Å². The highest BCUT2D eigenvalue weighted by Gasteiger charge is 2.21. The van der Waals surface area contributed by atoms with E-state index in [0.717, 1.165) is 5.56 Å². The first-order valence-electron chi connectivity index (χ1n) is 8.36. The average Bonchev–Trinajstić information content (AvgIpc) is 2.69. The molecule has 0 radical (unpaired) electrons. The molecule has 0 aliphatic carbocycles. The number of benzene rings is 2. The van der Waals surface area contributed by atoms with Gasteiger partial charge in [-0.2, -0.15) is 0 Å². The van der Waals surface area contributed by atoms with Crippen molar-refractivity contribution in [2.24, 2.45) is 0 Å². The number of ether oxygens (including phenoxy) is 3. The van der Waals surface area contributed by atoms with Gasteiger partial charge < -0.3 is 19.5 Å². The van der Waals surface area contributed by atoms with Gasteiger partial charge in [0.05, 0.1) is 6.54 Å². The molecule has 2 aromatic rings. The lowest BCUT2D eigenvalue weighted by Gasteiger charge is -2.26. The van der Waals surface area contributed by atoms with Gasteiger partial charge in [0.2, 0.25) is 0 Å². The summed E-state index contributed by atoms with van der Waals surface area (Å²) >= 11 is 5.87. The molecular weight excluding hydrogens is 370 g/mol. The third-order valence-corrected chi connectivity index (χ3v) is 3.94. The molecule has 0 bridgehead atoms. The number of carbonyl (C=O) groups is 2. The van der Waals surface area contributed by atoms with Crippen molar-refractivity contribution in [3.8, 4) is 11.5 Å². The van der Waals surface area contributed by atoms with Gasteiger partial charge in [0.15, 0.2) is 18.1 Å². The number of hydrogen-bond donors (Lipinski definition) is 1. The second-order valence-corrected chi connectivity index (χ2v) is 6.23.